The molecule has 0 heterocycles. The van der Waals surface area contributed by atoms with Crippen molar-refractivity contribution in [1.82, 2.24) is 0 Å². The van der Waals surface area contributed by atoms with E-state index < -0.39 is 10.9 Å². The van der Waals surface area contributed by atoms with Crippen LogP contribution < -0.4 is 5.32 Å². The number of nitrogens with zero attached hydrogens (tertiary/aromatic N) is 1. The van der Waals surface area contributed by atoms with Crippen molar-refractivity contribution in [3.05, 3.63) is 33.9 Å². The van der Waals surface area contributed by atoms with E-state index in [2.05, 4.69) is 10.1 Å². The van der Waals surface area contributed by atoms with Gasteiger partial charge in [-0.25, -0.2) is 4.79 Å². The molecule has 104 valence electrons. The van der Waals surface area contributed by atoms with Gasteiger partial charge in [-0.2, -0.15) is 0 Å². The van der Waals surface area contributed by atoms with Crippen molar-refractivity contribution >= 4 is 17.3 Å². The number of aliphatic hydroxyl groups excluding tert-OH is 1. The van der Waals surface area contributed by atoms with E-state index in [9.17, 15) is 14.9 Å². The number of aliphatic hydroxyl groups is 1. The molecule has 0 aliphatic carbocycles. The van der Waals surface area contributed by atoms with Crippen LogP contribution in [0.15, 0.2) is 18.2 Å². The first kappa shape index (κ1) is 14.9. The highest BCUT2D eigenvalue weighted by molar-refractivity contribution is 5.95. The molecule has 0 spiro atoms. The highest BCUT2D eigenvalue weighted by Gasteiger charge is 2.21. The molecule has 1 aromatic rings. The summed E-state index contributed by atoms with van der Waals surface area (Å²) in [6.07, 6.45) is 0.682. The van der Waals surface area contributed by atoms with Gasteiger partial charge in [-0.3, -0.25) is 10.1 Å². The van der Waals surface area contributed by atoms with Crippen LogP contribution in [0.3, 0.4) is 0 Å². The van der Waals surface area contributed by atoms with Crippen molar-refractivity contribution < 1.29 is 19.6 Å². The lowest BCUT2D eigenvalue weighted by atomic mass is 10.1. The molecule has 7 heteroatoms. The zero-order chi connectivity index (χ0) is 14.4. The monoisotopic (exact) mass is 268 g/mol. The second-order valence-corrected chi connectivity index (χ2v) is 3.91. The van der Waals surface area contributed by atoms with Gasteiger partial charge in [0.2, 0.25) is 0 Å². The Bertz CT molecular complexity index is 471. The van der Waals surface area contributed by atoms with Gasteiger partial charge in [-0.1, -0.05) is 6.92 Å². The van der Waals surface area contributed by atoms with Crippen molar-refractivity contribution in [1.29, 1.82) is 0 Å². The van der Waals surface area contributed by atoms with Crippen LogP contribution in [0.4, 0.5) is 11.4 Å². The van der Waals surface area contributed by atoms with Gasteiger partial charge in [0.15, 0.2) is 0 Å². The molecule has 0 bridgehead atoms. The van der Waals surface area contributed by atoms with Crippen LogP contribution in [0, 0.1) is 10.1 Å². The van der Waals surface area contributed by atoms with Gasteiger partial charge in [0.25, 0.3) is 5.69 Å². The molecular formula is C12H16N2O5. The number of hydrogen-bond donors (Lipinski definition) is 2. The number of nitro groups is 1. The third-order valence-corrected chi connectivity index (χ3v) is 2.68. The minimum atomic E-state index is -0.771. The van der Waals surface area contributed by atoms with Gasteiger partial charge in [-0.15, -0.1) is 0 Å². The number of nitro benzene ring substituents is 1. The van der Waals surface area contributed by atoms with Crippen LogP contribution in [0.2, 0.25) is 0 Å². The predicted molar refractivity (Wildman–Crippen MR) is 69.2 cm³/mol. The molecule has 2 N–H and O–H groups in total. The maximum atomic E-state index is 11.5. The van der Waals surface area contributed by atoms with Gasteiger partial charge in [-0.05, 0) is 18.6 Å². The van der Waals surface area contributed by atoms with E-state index in [0.717, 1.165) is 7.11 Å². The molecule has 0 aliphatic heterocycles. The molecule has 19 heavy (non-hydrogen) atoms. The molecule has 0 aliphatic rings. The van der Waals surface area contributed by atoms with Crippen LogP contribution in [0.5, 0.6) is 0 Å². The van der Waals surface area contributed by atoms with Gasteiger partial charge in [0.1, 0.15) is 5.56 Å². The number of esters is 1. The zero-order valence-electron chi connectivity index (χ0n) is 10.8. The molecule has 1 rings (SSSR count). The first-order valence-corrected chi connectivity index (χ1v) is 5.77. The molecule has 1 aromatic carbocycles. The van der Waals surface area contributed by atoms with E-state index in [4.69, 9.17) is 5.11 Å². The summed E-state index contributed by atoms with van der Waals surface area (Å²) in [6.45, 7) is 1.82. The van der Waals surface area contributed by atoms with Gasteiger partial charge in [0.05, 0.1) is 18.6 Å². The predicted octanol–water partition coefficient (Wildman–Crippen LogP) is 1.56. The van der Waals surface area contributed by atoms with E-state index in [-0.39, 0.29) is 23.9 Å². The van der Waals surface area contributed by atoms with Crippen molar-refractivity contribution in [2.75, 3.05) is 19.0 Å². The van der Waals surface area contributed by atoms with Crippen molar-refractivity contribution in [2.45, 2.75) is 19.4 Å². The van der Waals surface area contributed by atoms with Gasteiger partial charge < -0.3 is 15.2 Å². The third kappa shape index (κ3) is 3.65. The minimum absolute atomic E-state index is 0.0684. The Morgan fingerprint density at radius 2 is 2.26 bits per heavy atom. The molecule has 0 saturated carbocycles. The Morgan fingerprint density at radius 1 is 1.58 bits per heavy atom. The molecule has 0 fully saturated rings. The number of carbonyl (C=O) groups excluding carboxylic acids is 1. The number of benzene rings is 1. The quantitative estimate of drug-likeness (QED) is 0.461. The van der Waals surface area contributed by atoms with E-state index >= 15 is 0 Å². The fraction of sp³-hybridized carbons (Fsp3) is 0.417. The fourth-order valence-electron chi connectivity index (χ4n) is 1.57. The number of ether oxygens (including phenoxy) is 1. The van der Waals surface area contributed by atoms with Crippen LogP contribution in [-0.4, -0.2) is 35.8 Å². The van der Waals surface area contributed by atoms with Crippen molar-refractivity contribution in [3.8, 4) is 0 Å². The van der Waals surface area contributed by atoms with Gasteiger partial charge in [0, 0.05) is 17.8 Å². The summed E-state index contributed by atoms with van der Waals surface area (Å²) in [6, 6.07) is 3.90. The summed E-state index contributed by atoms with van der Waals surface area (Å²) in [5.74, 6) is -0.771. The number of rotatable bonds is 6. The van der Waals surface area contributed by atoms with Crippen LogP contribution in [0.1, 0.15) is 23.7 Å². The highest BCUT2D eigenvalue weighted by Crippen LogP contribution is 2.24. The lowest BCUT2D eigenvalue weighted by Crippen LogP contribution is -2.22. The largest absolute Gasteiger partial charge is 0.465 e. The molecular weight excluding hydrogens is 252 g/mol. The molecule has 0 radical (unpaired) electrons. The number of anilines is 1. The Labute approximate surface area is 110 Å². The van der Waals surface area contributed by atoms with Crippen LogP contribution >= 0.6 is 0 Å². The number of nitrogens with one attached hydrogen (secondary N) is 1. The normalized spacial score (nSPS) is 11.7. The Balaban J connectivity index is 3.11. The van der Waals surface area contributed by atoms with Crippen LogP contribution in [-0.2, 0) is 4.74 Å². The Kier molecular flexibility index (Phi) is 5.25. The van der Waals surface area contributed by atoms with Gasteiger partial charge >= 0.3 is 5.97 Å². The molecule has 0 unspecified atom stereocenters. The van der Waals surface area contributed by atoms with E-state index in [1.54, 1.807) is 0 Å². The number of hydrogen-bond acceptors (Lipinski definition) is 6. The standard InChI is InChI=1S/C12H16N2O5/c1-3-8(7-15)13-9-4-5-11(14(17)18)10(6-9)12(16)19-2/h4-6,8,13,15H,3,7H2,1-2H3/t8-/m0/s1. The summed E-state index contributed by atoms with van der Waals surface area (Å²) in [4.78, 5) is 21.7. The maximum absolute atomic E-state index is 11.5. The van der Waals surface area contributed by atoms with Crippen LogP contribution in [0.25, 0.3) is 0 Å². The molecule has 0 aromatic heterocycles. The number of carbonyl (C=O) groups is 1. The summed E-state index contributed by atoms with van der Waals surface area (Å²) in [5, 5.41) is 22.9. The maximum Gasteiger partial charge on any atom is 0.344 e. The Hall–Kier alpha value is -2.15. The molecule has 7 nitrogen and oxygen atoms in total. The fourth-order valence-corrected chi connectivity index (χ4v) is 1.57. The number of methoxy groups -OCH3 is 1. The second-order valence-electron chi connectivity index (χ2n) is 3.91. The van der Waals surface area contributed by atoms with E-state index in [0.29, 0.717) is 12.1 Å². The summed E-state index contributed by atoms with van der Waals surface area (Å²) >= 11 is 0. The molecule has 1 atom stereocenters. The minimum Gasteiger partial charge on any atom is -0.465 e. The smallest absolute Gasteiger partial charge is 0.344 e. The average Bonchev–Trinajstić information content (AvgIpc) is 2.43. The lowest BCUT2D eigenvalue weighted by Gasteiger charge is -2.15. The summed E-state index contributed by atoms with van der Waals surface area (Å²) in [7, 11) is 1.16. The van der Waals surface area contributed by atoms with E-state index in [1.165, 1.54) is 18.2 Å². The zero-order valence-corrected chi connectivity index (χ0v) is 10.8. The third-order valence-electron chi connectivity index (χ3n) is 2.68. The average molecular weight is 268 g/mol. The summed E-state index contributed by atoms with van der Waals surface area (Å²) < 4.78 is 4.52. The second kappa shape index (κ2) is 6.69. The molecule has 0 saturated heterocycles. The topological polar surface area (TPSA) is 102 Å². The summed E-state index contributed by atoms with van der Waals surface area (Å²) in [5.41, 5.74) is 0.0895. The first-order valence-electron chi connectivity index (χ1n) is 5.77. The molecule has 0 amide bonds. The Morgan fingerprint density at radius 3 is 2.74 bits per heavy atom. The van der Waals surface area contributed by atoms with E-state index in [1.807, 2.05) is 6.92 Å². The van der Waals surface area contributed by atoms with Crippen molar-refractivity contribution in [2.24, 2.45) is 0 Å². The van der Waals surface area contributed by atoms with Crippen molar-refractivity contribution in [3.63, 3.8) is 0 Å². The highest BCUT2D eigenvalue weighted by atomic mass is 16.6. The SMILES string of the molecule is CC[C@@H](CO)Nc1ccc([N+](=O)[O-])c(C(=O)OC)c1. The first-order chi connectivity index (χ1) is 9.03. The lowest BCUT2D eigenvalue weighted by molar-refractivity contribution is -0.385.